The lowest BCUT2D eigenvalue weighted by Crippen LogP contribution is -2.49. The Bertz CT molecular complexity index is 1070. The topological polar surface area (TPSA) is 96.0 Å². The maximum Gasteiger partial charge on any atom is 0.261 e. The summed E-state index contributed by atoms with van der Waals surface area (Å²) in [7, 11) is 1.58. The molecule has 2 aromatic carbocycles. The Labute approximate surface area is 212 Å². The van der Waals surface area contributed by atoms with Gasteiger partial charge >= 0.3 is 0 Å². The summed E-state index contributed by atoms with van der Waals surface area (Å²) < 4.78 is 5.31. The number of fused-ring (bicyclic) bond motifs is 1. The number of ether oxygens (including phenoxy) is 1. The predicted molar refractivity (Wildman–Crippen MR) is 137 cm³/mol. The van der Waals surface area contributed by atoms with E-state index < -0.39 is 6.04 Å². The van der Waals surface area contributed by atoms with Crippen LogP contribution >= 0.6 is 0 Å². The zero-order chi connectivity index (χ0) is 26.1. The summed E-state index contributed by atoms with van der Waals surface area (Å²) in [5.41, 5.74) is 1.63. The molecule has 0 aliphatic carbocycles. The molecular weight excluding hydrogens is 458 g/mol. The lowest BCUT2D eigenvalue weighted by atomic mass is 10.1. The van der Waals surface area contributed by atoms with Gasteiger partial charge in [0.05, 0.1) is 18.2 Å². The van der Waals surface area contributed by atoms with E-state index >= 15 is 0 Å². The van der Waals surface area contributed by atoms with Gasteiger partial charge in [0.1, 0.15) is 11.8 Å². The molecule has 1 heterocycles. The number of nitrogens with zero attached hydrogens (tertiary/aromatic N) is 2. The first kappa shape index (κ1) is 26.9. The normalized spacial score (nSPS) is 13.4. The zero-order valence-corrected chi connectivity index (χ0v) is 21.3. The molecular formula is C28H35N3O5. The van der Waals surface area contributed by atoms with E-state index in [2.05, 4.69) is 12.2 Å². The van der Waals surface area contributed by atoms with E-state index in [0.29, 0.717) is 36.3 Å². The summed E-state index contributed by atoms with van der Waals surface area (Å²) in [6.07, 6.45) is 2.71. The van der Waals surface area contributed by atoms with E-state index in [0.717, 1.165) is 18.4 Å². The Kier molecular flexibility index (Phi) is 9.61. The van der Waals surface area contributed by atoms with E-state index in [1.807, 2.05) is 31.2 Å². The molecule has 0 radical (unpaired) electrons. The number of benzene rings is 2. The van der Waals surface area contributed by atoms with Crippen LogP contribution in [0.2, 0.25) is 0 Å². The zero-order valence-electron chi connectivity index (χ0n) is 21.3. The lowest BCUT2D eigenvalue weighted by Gasteiger charge is -2.31. The molecule has 8 nitrogen and oxygen atoms in total. The first-order valence-electron chi connectivity index (χ1n) is 12.6. The van der Waals surface area contributed by atoms with Crippen molar-refractivity contribution in [3.05, 3.63) is 65.2 Å². The smallest absolute Gasteiger partial charge is 0.261 e. The third kappa shape index (κ3) is 6.30. The second-order valence-electron chi connectivity index (χ2n) is 8.85. The summed E-state index contributed by atoms with van der Waals surface area (Å²) in [6, 6.07) is 13.5. The molecule has 0 aromatic heterocycles. The van der Waals surface area contributed by atoms with Crippen LogP contribution in [0.25, 0.3) is 0 Å². The van der Waals surface area contributed by atoms with Gasteiger partial charge in [-0.05, 0) is 49.1 Å². The van der Waals surface area contributed by atoms with Gasteiger partial charge in [-0.3, -0.25) is 24.1 Å². The van der Waals surface area contributed by atoms with Gasteiger partial charge in [-0.15, -0.1) is 0 Å². The lowest BCUT2D eigenvalue weighted by molar-refractivity contribution is -0.141. The van der Waals surface area contributed by atoms with E-state index in [1.165, 1.54) is 4.90 Å². The highest BCUT2D eigenvalue weighted by Crippen LogP contribution is 2.23. The highest BCUT2D eigenvalue weighted by Gasteiger charge is 2.35. The van der Waals surface area contributed by atoms with E-state index in [1.54, 1.807) is 36.3 Å². The maximum absolute atomic E-state index is 13.4. The van der Waals surface area contributed by atoms with Crippen molar-refractivity contribution in [2.75, 3.05) is 20.2 Å². The fourth-order valence-corrected chi connectivity index (χ4v) is 4.37. The summed E-state index contributed by atoms with van der Waals surface area (Å²) in [4.78, 5) is 54.4. The van der Waals surface area contributed by atoms with Gasteiger partial charge in [-0.25, -0.2) is 0 Å². The Balaban J connectivity index is 1.71. The van der Waals surface area contributed by atoms with Crippen LogP contribution in [0, 0.1) is 0 Å². The molecule has 4 amide bonds. The molecule has 1 aliphatic heterocycles. The number of amides is 4. The van der Waals surface area contributed by atoms with Crippen molar-refractivity contribution in [3.8, 4) is 5.75 Å². The van der Waals surface area contributed by atoms with Crippen molar-refractivity contribution in [2.45, 2.75) is 58.5 Å². The van der Waals surface area contributed by atoms with Crippen molar-refractivity contribution in [1.29, 1.82) is 0 Å². The monoisotopic (exact) mass is 493 g/mol. The van der Waals surface area contributed by atoms with Crippen LogP contribution in [-0.2, 0) is 16.1 Å². The number of imide groups is 1. The molecule has 0 fully saturated rings. The first-order valence-corrected chi connectivity index (χ1v) is 12.6. The predicted octanol–water partition coefficient (Wildman–Crippen LogP) is 3.80. The molecule has 1 N–H and O–H groups in total. The summed E-state index contributed by atoms with van der Waals surface area (Å²) >= 11 is 0. The van der Waals surface area contributed by atoms with Crippen LogP contribution in [0.15, 0.2) is 48.5 Å². The Hall–Kier alpha value is -3.68. The van der Waals surface area contributed by atoms with E-state index in [4.69, 9.17) is 4.74 Å². The molecule has 1 aliphatic rings. The van der Waals surface area contributed by atoms with Gasteiger partial charge in [0.2, 0.25) is 11.8 Å². The van der Waals surface area contributed by atoms with Crippen LogP contribution in [0.3, 0.4) is 0 Å². The third-order valence-electron chi connectivity index (χ3n) is 6.35. The number of rotatable bonds is 13. The largest absolute Gasteiger partial charge is 0.497 e. The minimum absolute atomic E-state index is 0.107. The Morgan fingerprint density at radius 3 is 2.31 bits per heavy atom. The van der Waals surface area contributed by atoms with Crippen LogP contribution in [0.5, 0.6) is 5.75 Å². The Morgan fingerprint density at radius 2 is 1.69 bits per heavy atom. The number of hydrogen-bond acceptors (Lipinski definition) is 5. The maximum atomic E-state index is 13.4. The molecule has 2 aromatic rings. The van der Waals surface area contributed by atoms with Gasteiger partial charge in [0, 0.05) is 26.1 Å². The van der Waals surface area contributed by atoms with Crippen LogP contribution in [0.1, 0.15) is 72.2 Å². The van der Waals surface area contributed by atoms with Crippen molar-refractivity contribution < 1.29 is 23.9 Å². The average molecular weight is 494 g/mol. The van der Waals surface area contributed by atoms with Gasteiger partial charge in [0.15, 0.2) is 0 Å². The molecule has 0 spiro atoms. The Morgan fingerprint density at radius 1 is 1.00 bits per heavy atom. The average Bonchev–Trinajstić information content (AvgIpc) is 3.13. The number of carbonyl (C=O) groups is 4. The third-order valence-corrected chi connectivity index (χ3v) is 6.35. The molecule has 8 heteroatoms. The molecule has 3 rings (SSSR count). The molecule has 0 saturated heterocycles. The fraction of sp³-hybridized carbons (Fsp3) is 0.429. The fourth-order valence-electron chi connectivity index (χ4n) is 4.37. The van der Waals surface area contributed by atoms with Gasteiger partial charge in [-0.2, -0.15) is 0 Å². The molecule has 192 valence electrons. The van der Waals surface area contributed by atoms with Crippen LogP contribution < -0.4 is 10.1 Å². The van der Waals surface area contributed by atoms with Crippen molar-refractivity contribution >= 4 is 23.6 Å². The summed E-state index contributed by atoms with van der Waals surface area (Å²) in [5.74, 6) is -0.378. The molecule has 1 atom stereocenters. The highest BCUT2D eigenvalue weighted by atomic mass is 16.5. The number of nitrogens with one attached hydrogen (secondary N) is 1. The number of hydrogen-bond donors (Lipinski definition) is 1. The number of methoxy groups -OCH3 is 1. The molecule has 1 unspecified atom stereocenters. The molecule has 36 heavy (non-hydrogen) atoms. The van der Waals surface area contributed by atoms with E-state index in [9.17, 15) is 19.2 Å². The van der Waals surface area contributed by atoms with Crippen molar-refractivity contribution in [3.63, 3.8) is 0 Å². The second-order valence-corrected chi connectivity index (χ2v) is 8.85. The second kappa shape index (κ2) is 12.9. The van der Waals surface area contributed by atoms with Gasteiger partial charge < -0.3 is 15.0 Å². The number of carbonyl (C=O) groups excluding carboxylic acids is 4. The molecule has 0 bridgehead atoms. The summed E-state index contributed by atoms with van der Waals surface area (Å²) in [6.45, 7) is 4.89. The summed E-state index contributed by atoms with van der Waals surface area (Å²) in [5, 5.41) is 2.95. The van der Waals surface area contributed by atoms with Crippen molar-refractivity contribution in [1.82, 2.24) is 15.1 Å². The minimum Gasteiger partial charge on any atom is -0.497 e. The van der Waals surface area contributed by atoms with Crippen LogP contribution in [-0.4, -0.2) is 59.7 Å². The SMILES string of the molecule is CCCCNC(=O)C(CC)N(Cc1cccc(OC)c1)C(=O)CCCN1C(=O)c2ccccc2C1=O. The highest BCUT2D eigenvalue weighted by molar-refractivity contribution is 6.21. The number of unbranched alkanes of at least 4 members (excludes halogenated alkanes) is 1. The quantitative estimate of drug-likeness (QED) is 0.338. The standard InChI is InChI=1S/C28H35N3O5/c1-4-6-16-29-26(33)24(5-2)31(19-20-11-9-12-21(18-20)36-3)25(32)15-10-17-30-27(34)22-13-7-8-14-23(22)28(30)35/h7-9,11-14,18,24H,4-6,10,15-17,19H2,1-3H3,(H,29,33). The van der Waals surface area contributed by atoms with Crippen molar-refractivity contribution in [2.24, 2.45) is 0 Å². The van der Waals surface area contributed by atoms with Gasteiger partial charge in [-0.1, -0.05) is 44.5 Å². The van der Waals surface area contributed by atoms with Crippen LogP contribution in [0.4, 0.5) is 0 Å². The van der Waals surface area contributed by atoms with Gasteiger partial charge in [0.25, 0.3) is 11.8 Å². The molecule has 0 saturated carbocycles. The first-order chi connectivity index (χ1) is 17.4. The minimum atomic E-state index is -0.625. The van der Waals surface area contributed by atoms with E-state index in [-0.39, 0.29) is 43.1 Å².